The topological polar surface area (TPSA) is 76.5 Å². The number of carboxylic acid groups (broad SMARTS) is 1. The van der Waals surface area contributed by atoms with E-state index < -0.39 is 23.9 Å². The Hall–Kier alpha value is -2.90. The molecule has 0 bridgehead atoms. The maximum Gasteiger partial charge on any atom is 0.573 e. The molecular formula is C14H8F3NO4. The third-order valence-electron chi connectivity index (χ3n) is 2.58. The van der Waals surface area contributed by atoms with Crippen LogP contribution in [0.3, 0.4) is 0 Å². The van der Waals surface area contributed by atoms with Crippen LogP contribution in [0, 0.1) is 0 Å². The molecular weight excluding hydrogens is 303 g/mol. The van der Waals surface area contributed by atoms with Gasteiger partial charge in [0, 0.05) is 11.8 Å². The predicted octanol–water partition coefficient (Wildman–Crippen LogP) is 2.91. The molecule has 0 aliphatic rings. The number of alkyl halides is 3. The normalized spacial score (nSPS) is 11.0. The third kappa shape index (κ3) is 3.60. The van der Waals surface area contributed by atoms with Crippen LogP contribution < -0.4 is 4.74 Å². The summed E-state index contributed by atoms with van der Waals surface area (Å²) in [7, 11) is 0. The summed E-state index contributed by atoms with van der Waals surface area (Å²) in [6, 6.07) is 6.85. The molecule has 0 saturated heterocycles. The predicted molar refractivity (Wildman–Crippen MR) is 67.8 cm³/mol. The van der Waals surface area contributed by atoms with Gasteiger partial charge in [0.15, 0.2) is 0 Å². The van der Waals surface area contributed by atoms with Gasteiger partial charge >= 0.3 is 12.3 Å². The van der Waals surface area contributed by atoms with Gasteiger partial charge in [-0.25, -0.2) is 4.79 Å². The number of aromatic carboxylic acids is 1. The van der Waals surface area contributed by atoms with Crippen LogP contribution in [0.5, 0.6) is 5.75 Å². The maximum atomic E-state index is 12.2. The van der Waals surface area contributed by atoms with E-state index in [1.807, 2.05) is 0 Å². The second-order valence-electron chi connectivity index (χ2n) is 4.11. The van der Waals surface area contributed by atoms with Crippen LogP contribution >= 0.6 is 0 Å². The van der Waals surface area contributed by atoms with Crippen LogP contribution in [0.25, 0.3) is 0 Å². The number of aromatic nitrogens is 1. The van der Waals surface area contributed by atoms with Crippen molar-refractivity contribution in [2.45, 2.75) is 6.36 Å². The van der Waals surface area contributed by atoms with Crippen LogP contribution in [-0.4, -0.2) is 28.2 Å². The zero-order chi connectivity index (χ0) is 16.3. The van der Waals surface area contributed by atoms with Crippen molar-refractivity contribution in [3.05, 3.63) is 59.4 Å². The van der Waals surface area contributed by atoms with E-state index in [4.69, 9.17) is 5.11 Å². The third-order valence-corrected chi connectivity index (χ3v) is 2.58. The van der Waals surface area contributed by atoms with Gasteiger partial charge in [0.2, 0.25) is 5.78 Å². The van der Waals surface area contributed by atoms with Crippen molar-refractivity contribution in [2.75, 3.05) is 0 Å². The van der Waals surface area contributed by atoms with Crippen molar-refractivity contribution < 1.29 is 32.6 Å². The molecule has 5 nitrogen and oxygen atoms in total. The first kappa shape index (κ1) is 15.5. The van der Waals surface area contributed by atoms with Crippen LogP contribution in [0.4, 0.5) is 13.2 Å². The van der Waals surface area contributed by atoms with Crippen molar-refractivity contribution in [1.29, 1.82) is 0 Å². The van der Waals surface area contributed by atoms with E-state index in [0.717, 1.165) is 12.1 Å². The van der Waals surface area contributed by atoms with E-state index in [2.05, 4.69) is 9.72 Å². The number of carbonyl (C=O) groups is 2. The fourth-order valence-corrected chi connectivity index (χ4v) is 1.73. The summed E-state index contributed by atoms with van der Waals surface area (Å²) in [6.45, 7) is 0. The van der Waals surface area contributed by atoms with Gasteiger partial charge in [0.25, 0.3) is 0 Å². The van der Waals surface area contributed by atoms with Gasteiger partial charge in [-0.3, -0.25) is 9.78 Å². The quantitative estimate of drug-likeness (QED) is 0.879. The number of benzene rings is 1. The lowest BCUT2D eigenvalue weighted by atomic mass is 10.0. The number of carboxylic acids is 1. The van der Waals surface area contributed by atoms with E-state index >= 15 is 0 Å². The number of halogens is 3. The molecule has 0 fully saturated rings. The smallest absolute Gasteiger partial charge is 0.478 e. The lowest BCUT2D eigenvalue weighted by molar-refractivity contribution is -0.274. The number of ketones is 1. The highest BCUT2D eigenvalue weighted by Crippen LogP contribution is 2.24. The maximum absolute atomic E-state index is 12.2. The van der Waals surface area contributed by atoms with E-state index in [1.165, 1.54) is 30.5 Å². The summed E-state index contributed by atoms with van der Waals surface area (Å²) in [5.74, 6) is -2.75. The number of rotatable bonds is 4. The Labute approximate surface area is 122 Å². The number of pyridine rings is 1. The minimum Gasteiger partial charge on any atom is -0.478 e. The van der Waals surface area contributed by atoms with Gasteiger partial charge in [-0.15, -0.1) is 13.2 Å². The van der Waals surface area contributed by atoms with Crippen molar-refractivity contribution in [3.8, 4) is 5.75 Å². The van der Waals surface area contributed by atoms with Crippen LogP contribution in [-0.2, 0) is 0 Å². The van der Waals surface area contributed by atoms with Crippen molar-refractivity contribution >= 4 is 11.8 Å². The molecule has 1 aromatic carbocycles. The summed E-state index contributed by atoms with van der Waals surface area (Å²) in [4.78, 5) is 27.0. The van der Waals surface area contributed by atoms with Gasteiger partial charge in [-0.1, -0.05) is 12.1 Å². The zero-order valence-corrected chi connectivity index (χ0v) is 10.8. The molecule has 0 spiro atoms. The molecule has 0 saturated carbocycles. The highest BCUT2D eigenvalue weighted by Gasteiger charge is 2.31. The number of ether oxygens (including phenoxy) is 1. The fourth-order valence-electron chi connectivity index (χ4n) is 1.73. The second-order valence-corrected chi connectivity index (χ2v) is 4.11. The lowest BCUT2D eigenvalue weighted by Gasteiger charge is -2.10. The molecule has 0 aliphatic carbocycles. The highest BCUT2D eigenvalue weighted by molar-refractivity contribution is 6.13. The number of nitrogens with zero attached hydrogens (tertiary/aromatic N) is 1. The lowest BCUT2D eigenvalue weighted by Crippen LogP contribution is -2.17. The Morgan fingerprint density at radius 3 is 2.50 bits per heavy atom. The van der Waals surface area contributed by atoms with Crippen molar-refractivity contribution in [2.24, 2.45) is 0 Å². The zero-order valence-electron chi connectivity index (χ0n) is 10.8. The largest absolute Gasteiger partial charge is 0.573 e. The molecule has 22 heavy (non-hydrogen) atoms. The molecule has 2 aromatic rings. The molecule has 0 radical (unpaired) electrons. The van der Waals surface area contributed by atoms with Gasteiger partial charge in [0.1, 0.15) is 11.4 Å². The van der Waals surface area contributed by atoms with Gasteiger partial charge < -0.3 is 9.84 Å². The van der Waals surface area contributed by atoms with Gasteiger partial charge in [-0.2, -0.15) is 0 Å². The Bertz CT molecular complexity index is 728. The highest BCUT2D eigenvalue weighted by atomic mass is 19.4. The molecule has 1 aromatic heterocycles. The summed E-state index contributed by atoms with van der Waals surface area (Å²) >= 11 is 0. The summed E-state index contributed by atoms with van der Waals surface area (Å²) < 4.78 is 40.2. The number of carbonyl (C=O) groups excluding carboxylic acids is 1. The Morgan fingerprint density at radius 2 is 1.86 bits per heavy atom. The Morgan fingerprint density at radius 1 is 1.14 bits per heavy atom. The Kier molecular flexibility index (Phi) is 4.11. The van der Waals surface area contributed by atoms with Crippen LogP contribution in [0.1, 0.15) is 26.4 Å². The first-order chi connectivity index (χ1) is 10.3. The Balaban J connectivity index is 2.39. The molecule has 0 amide bonds. The average Bonchev–Trinajstić information content (AvgIpc) is 2.45. The van der Waals surface area contributed by atoms with Crippen LogP contribution in [0.2, 0.25) is 0 Å². The molecule has 0 atom stereocenters. The van der Waals surface area contributed by atoms with Gasteiger partial charge in [0.05, 0.1) is 5.56 Å². The van der Waals surface area contributed by atoms with E-state index in [0.29, 0.717) is 0 Å². The molecule has 8 heteroatoms. The summed E-state index contributed by atoms with van der Waals surface area (Å²) in [5.41, 5.74) is -0.864. The standard InChI is InChI=1S/C14H8F3NO4/c15-14(16,17)22-9-4-1-3-8(7-9)12(19)11-10(13(20)21)5-2-6-18-11/h1-7H,(H,20,21). The van der Waals surface area contributed by atoms with Crippen LogP contribution in [0.15, 0.2) is 42.6 Å². The van der Waals surface area contributed by atoms with E-state index in [-0.39, 0.29) is 16.8 Å². The van der Waals surface area contributed by atoms with E-state index in [9.17, 15) is 22.8 Å². The monoisotopic (exact) mass is 311 g/mol. The van der Waals surface area contributed by atoms with E-state index in [1.54, 1.807) is 0 Å². The summed E-state index contributed by atoms with van der Waals surface area (Å²) in [5, 5.41) is 9.00. The molecule has 2 rings (SSSR count). The SMILES string of the molecule is O=C(O)c1cccnc1C(=O)c1cccc(OC(F)(F)F)c1. The van der Waals surface area contributed by atoms with Crippen molar-refractivity contribution in [1.82, 2.24) is 4.98 Å². The average molecular weight is 311 g/mol. The molecule has 0 aliphatic heterocycles. The number of hydrogen-bond acceptors (Lipinski definition) is 4. The molecule has 1 heterocycles. The second kappa shape index (κ2) is 5.84. The first-order valence-electron chi connectivity index (χ1n) is 5.87. The summed E-state index contributed by atoms with van der Waals surface area (Å²) in [6.07, 6.45) is -3.67. The van der Waals surface area contributed by atoms with Crippen molar-refractivity contribution in [3.63, 3.8) is 0 Å². The number of hydrogen-bond donors (Lipinski definition) is 1. The first-order valence-corrected chi connectivity index (χ1v) is 5.87. The molecule has 1 N–H and O–H groups in total. The minimum atomic E-state index is -4.89. The van der Waals surface area contributed by atoms with Gasteiger partial charge in [-0.05, 0) is 24.3 Å². The minimum absolute atomic E-state index is 0.164. The molecule has 0 unspecified atom stereocenters. The molecule has 114 valence electrons. The fraction of sp³-hybridized carbons (Fsp3) is 0.0714.